The van der Waals surface area contributed by atoms with Crippen LogP contribution in [0.1, 0.15) is 17.0 Å². The summed E-state index contributed by atoms with van der Waals surface area (Å²) >= 11 is 1.46. The van der Waals surface area contributed by atoms with Crippen LogP contribution in [0.4, 0.5) is 5.13 Å². The third-order valence-corrected chi connectivity index (χ3v) is 5.20. The van der Waals surface area contributed by atoms with Crippen LogP contribution >= 0.6 is 11.3 Å². The molecule has 27 heavy (non-hydrogen) atoms. The number of methoxy groups -OCH3 is 1. The smallest absolute Gasteiger partial charge is 0.295 e. The van der Waals surface area contributed by atoms with E-state index in [0.717, 1.165) is 23.2 Å². The molecule has 0 N–H and O–H groups in total. The number of hydrogen-bond donors (Lipinski definition) is 0. The van der Waals surface area contributed by atoms with Gasteiger partial charge in [0.1, 0.15) is 11.3 Å². The Morgan fingerprint density at radius 2 is 2.26 bits per heavy atom. The molecule has 0 aliphatic rings. The quantitative estimate of drug-likeness (QED) is 0.486. The number of imidazole rings is 1. The molecule has 0 aliphatic heterocycles. The van der Waals surface area contributed by atoms with Crippen molar-refractivity contribution in [2.75, 3.05) is 18.6 Å². The fraction of sp³-hybridized carbons (Fsp3) is 0.211. The van der Waals surface area contributed by atoms with Crippen molar-refractivity contribution in [1.29, 1.82) is 0 Å². The van der Waals surface area contributed by atoms with Gasteiger partial charge in [0.05, 0.1) is 24.4 Å². The SMILES string of the molecule is COc1cccc2sc(N(CCCn3ccnc3)C(=O)c3ccco3)nc12. The third-order valence-electron chi connectivity index (χ3n) is 4.16. The largest absolute Gasteiger partial charge is 0.494 e. The number of rotatable bonds is 7. The summed E-state index contributed by atoms with van der Waals surface area (Å²) in [6.45, 7) is 1.27. The van der Waals surface area contributed by atoms with Gasteiger partial charge in [-0.2, -0.15) is 0 Å². The van der Waals surface area contributed by atoms with E-state index in [1.54, 1.807) is 36.7 Å². The summed E-state index contributed by atoms with van der Waals surface area (Å²) in [4.78, 5) is 23.4. The molecule has 0 fully saturated rings. The molecule has 3 aromatic heterocycles. The summed E-state index contributed by atoms with van der Waals surface area (Å²) in [5, 5.41) is 0.626. The van der Waals surface area contributed by atoms with Crippen molar-refractivity contribution in [3.63, 3.8) is 0 Å². The second-order valence-corrected chi connectivity index (χ2v) is 6.90. The first-order chi connectivity index (χ1) is 13.3. The molecule has 0 unspecified atom stereocenters. The molecule has 4 aromatic rings. The molecule has 4 rings (SSSR count). The average molecular weight is 382 g/mol. The number of furan rings is 1. The van der Waals surface area contributed by atoms with Crippen molar-refractivity contribution < 1.29 is 13.9 Å². The van der Waals surface area contributed by atoms with E-state index in [9.17, 15) is 4.79 Å². The Labute approximate surface area is 159 Å². The van der Waals surface area contributed by atoms with Gasteiger partial charge in [-0.05, 0) is 30.7 Å². The Morgan fingerprint density at radius 3 is 3.00 bits per heavy atom. The molecule has 0 saturated heterocycles. The molecule has 138 valence electrons. The minimum atomic E-state index is -0.205. The zero-order valence-corrected chi connectivity index (χ0v) is 15.6. The minimum absolute atomic E-state index is 0.205. The Hall–Kier alpha value is -3.13. The molecule has 0 aliphatic carbocycles. The maximum atomic E-state index is 13.0. The third kappa shape index (κ3) is 3.56. The molecular formula is C19H18N4O3S. The first kappa shape index (κ1) is 17.3. The van der Waals surface area contributed by atoms with E-state index >= 15 is 0 Å². The standard InChI is InChI=1S/C19H18N4O3S/c1-25-14-5-2-7-16-17(14)21-19(27-16)23(18(24)15-6-3-12-26-15)10-4-9-22-11-8-20-13-22/h2-3,5-8,11-13H,4,9-10H2,1H3. The number of aryl methyl sites for hydroxylation is 1. The highest BCUT2D eigenvalue weighted by Crippen LogP contribution is 2.34. The van der Waals surface area contributed by atoms with Gasteiger partial charge in [-0.1, -0.05) is 17.4 Å². The van der Waals surface area contributed by atoms with Crippen LogP contribution in [0.5, 0.6) is 5.75 Å². The summed E-state index contributed by atoms with van der Waals surface area (Å²) < 4.78 is 13.7. The van der Waals surface area contributed by atoms with Crippen LogP contribution in [-0.4, -0.2) is 34.1 Å². The van der Waals surface area contributed by atoms with Crippen LogP contribution in [0.3, 0.4) is 0 Å². The highest BCUT2D eigenvalue weighted by molar-refractivity contribution is 7.22. The number of aromatic nitrogens is 3. The summed E-state index contributed by atoms with van der Waals surface area (Å²) in [5.74, 6) is 0.784. The lowest BCUT2D eigenvalue weighted by Crippen LogP contribution is -2.32. The lowest BCUT2D eigenvalue weighted by molar-refractivity contribution is 0.0959. The number of amides is 1. The number of fused-ring (bicyclic) bond motifs is 1. The van der Waals surface area contributed by atoms with Crippen molar-refractivity contribution in [2.45, 2.75) is 13.0 Å². The molecule has 3 heterocycles. The maximum Gasteiger partial charge on any atom is 0.295 e. The fourth-order valence-corrected chi connectivity index (χ4v) is 3.85. The van der Waals surface area contributed by atoms with Crippen LogP contribution in [0.15, 0.2) is 59.7 Å². The molecule has 0 saturated carbocycles. The molecule has 0 radical (unpaired) electrons. The van der Waals surface area contributed by atoms with E-state index in [-0.39, 0.29) is 5.91 Å². The Bertz CT molecular complexity index is 1020. The van der Waals surface area contributed by atoms with E-state index in [0.29, 0.717) is 23.2 Å². The van der Waals surface area contributed by atoms with Crippen molar-refractivity contribution in [2.24, 2.45) is 0 Å². The zero-order chi connectivity index (χ0) is 18.6. The van der Waals surface area contributed by atoms with E-state index in [2.05, 4.69) is 9.97 Å². The van der Waals surface area contributed by atoms with E-state index < -0.39 is 0 Å². The highest BCUT2D eigenvalue weighted by Gasteiger charge is 2.23. The van der Waals surface area contributed by atoms with E-state index in [1.807, 2.05) is 29.0 Å². The van der Waals surface area contributed by atoms with Gasteiger partial charge in [-0.15, -0.1) is 0 Å². The van der Waals surface area contributed by atoms with E-state index in [4.69, 9.17) is 9.15 Å². The first-order valence-electron chi connectivity index (χ1n) is 8.51. The predicted octanol–water partition coefficient (Wildman–Crippen LogP) is 3.83. The van der Waals surface area contributed by atoms with Gasteiger partial charge in [0.25, 0.3) is 5.91 Å². The molecule has 0 bridgehead atoms. The van der Waals surface area contributed by atoms with Crippen LogP contribution in [0.2, 0.25) is 0 Å². The number of para-hydroxylation sites is 1. The number of anilines is 1. The Morgan fingerprint density at radius 1 is 1.33 bits per heavy atom. The summed E-state index contributed by atoms with van der Waals surface area (Å²) in [5.41, 5.74) is 0.756. The van der Waals surface area contributed by atoms with Crippen LogP contribution in [-0.2, 0) is 6.54 Å². The van der Waals surface area contributed by atoms with Crippen LogP contribution < -0.4 is 9.64 Å². The Kier molecular flexibility index (Phi) is 4.88. The summed E-state index contributed by atoms with van der Waals surface area (Å²) in [7, 11) is 1.62. The molecule has 0 spiro atoms. The molecular weight excluding hydrogens is 364 g/mol. The Balaban J connectivity index is 1.63. The normalized spacial score (nSPS) is 11.0. The zero-order valence-electron chi connectivity index (χ0n) is 14.7. The second kappa shape index (κ2) is 7.63. The number of hydrogen-bond acceptors (Lipinski definition) is 6. The van der Waals surface area contributed by atoms with Gasteiger partial charge >= 0.3 is 0 Å². The van der Waals surface area contributed by atoms with Gasteiger partial charge in [0.15, 0.2) is 10.9 Å². The summed E-state index contributed by atoms with van der Waals surface area (Å²) in [6.07, 6.45) is 7.67. The minimum Gasteiger partial charge on any atom is -0.494 e. The van der Waals surface area contributed by atoms with Gasteiger partial charge in [-0.25, -0.2) is 9.97 Å². The molecule has 0 atom stereocenters. The van der Waals surface area contributed by atoms with Gasteiger partial charge < -0.3 is 13.7 Å². The number of nitrogens with zero attached hydrogens (tertiary/aromatic N) is 4. The number of carbonyl (C=O) groups excluding carboxylic acids is 1. The van der Waals surface area contributed by atoms with Crippen molar-refractivity contribution in [3.05, 3.63) is 61.1 Å². The van der Waals surface area contributed by atoms with Crippen molar-refractivity contribution in [1.82, 2.24) is 14.5 Å². The van der Waals surface area contributed by atoms with Crippen LogP contribution in [0, 0.1) is 0 Å². The van der Waals surface area contributed by atoms with Crippen LogP contribution in [0.25, 0.3) is 10.2 Å². The number of ether oxygens (including phenoxy) is 1. The summed E-state index contributed by atoms with van der Waals surface area (Å²) in [6, 6.07) is 9.13. The second-order valence-electron chi connectivity index (χ2n) is 5.89. The number of thiazole rings is 1. The van der Waals surface area contributed by atoms with Crippen molar-refractivity contribution >= 4 is 32.6 Å². The van der Waals surface area contributed by atoms with Crippen molar-refractivity contribution in [3.8, 4) is 5.75 Å². The molecule has 7 nitrogen and oxygen atoms in total. The fourth-order valence-electron chi connectivity index (χ4n) is 2.84. The van der Waals surface area contributed by atoms with Gasteiger partial charge in [0.2, 0.25) is 0 Å². The number of carbonyl (C=O) groups is 1. The van der Waals surface area contributed by atoms with Gasteiger partial charge in [-0.3, -0.25) is 9.69 Å². The maximum absolute atomic E-state index is 13.0. The lowest BCUT2D eigenvalue weighted by atomic mass is 10.3. The molecule has 8 heteroatoms. The number of benzene rings is 1. The lowest BCUT2D eigenvalue weighted by Gasteiger charge is -2.18. The average Bonchev–Trinajstić information content (AvgIpc) is 3.45. The highest BCUT2D eigenvalue weighted by atomic mass is 32.1. The topological polar surface area (TPSA) is 73.4 Å². The monoisotopic (exact) mass is 382 g/mol. The predicted molar refractivity (Wildman–Crippen MR) is 103 cm³/mol. The first-order valence-corrected chi connectivity index (χ1v) is 9.32. The molecule has 1 amide bonds. The molecule has 1 aromatic carbocycles. The van der Waals surface area contributed by atoms with Gasteiger partial charge in [0, 0.05) is 25.5 Å². The van der Waals surface area contributed by atoms with E-state index in [1.165, 1.54) is 17.6 Å².